The molecule has 0 aromatic carbocycles. The van der Waals surface area contributed by atoms with E-state index in [1.165, 1.54) is 4.90 Å². The molecule has 2 amide bonds. The van der Waals surface area contributed by atoms with Crippen molar-refractivity contribution in [3.05, 3.63) is 25.3 Å². The highest BCUT2D eigenvalue weighted by Gasteiger charge is 2.76. The summed E-state index contributed by atoms with van der Waals surface area (Å²) in [4.78, 5) is 43.9. The average Bonchev–Trinajstić information content (AvgIpc) is 3.37. The summed E-state index contributed by atoms with van der Waals surface area (Å²) in [6.45, 7) is 10.6. The predicted octanol–water partition coefficient (Wildman–Crippen LogP) is 2.77. The van der Waals surface area contributed by atoms with E-state index in [4.69, 9.17) is 4.74 Å². The molecule has 2 bridgehead atoms. The van der Waals surface area contributed by atoms with Crippen molar-refractivity contribution in [1.29, 1.82) is 0 Å². The lowest BCUT2D eigenvalue weighted by molar-refractivity contribution is -0.154. The Morgan fingerprint density at radius 2 is 2.12 bits per heavy atom. The van der Waals surface area contributed by atoms with Crippen LogP contribution in [0.3, 0.4) is 0 Å². The standard InChI is InChI=1S/C24H35BrN2O5S/c1-4-7-9-11-26(10-6-3)22(30)20-24-15-16(25)19(33-24)17(23(31)32-14-8-5-2)18(24)21(29)27(20)12-13-28/h5-6,16-20,28H,2-4,7-15H2,1H3/t16?,17-,18+,19-,20?,24?/m1/s1. The number of halogens is 1. The van der Waals surface area contributed by atoms with Gasteiger partial charge in [0.1, 0.15) is 6.04 Å². The smallest absolute Gasteiger partial charge is 0.310 e. The fourth-order valence-corrected chi connectivity index (χ4v) is 9.13. The molecule has 3 heterocycles. The fraction of sp³-hybridized carbons (Fsp3) is 0.708. The van der Waals surface area contributed by atoms with Crippen LogP contribution in [0, 0.1) is 11.8 Å². The Morgan fingerprint density at radius 1 is 1.36 bits per heavy atom. The summed E-state index contributed by atoms with van der Waals surface area (Å²) in [6.07, 6.45) is 7.48. The van der Waals surface area contributed by atoms with Gasteiger partial charge in [0.15, 0.2) is 0 Å². The molecule has 3 rings (SSSR count). The average molecular weight is 544 g/mol. The van der Waals surface area contributed by atoms with Crippen molar-refractivity contribution in [2.24, 2.45) is 11.8 Å². The number of thioether (sulfide) groups is 1. The first-order chi connectivity index (χ1) is 15.9. The van der Waals surface area contributed by atoms with Crippen molar-refractivity contribution >= 4 is 45.5 Å². The Labute approximate surface area is 209 Å². The van der Waals surface area contributed by atoms with E-state index < -0.39 is 22.6 Å². The molecule has 9 heteroatoms. The van der Waals surface area contributed by atoms with Crippen molar-refractivity contribution in [1.82, 2.24) is 9.80 Å². The van der Waals surface area contributed by atoms with Crippen LogP contribution in [0.4, 0.5) is 0 Å². The number of fused-ring (bicyclic) bond motifs is 1. The highest BCUT2D eigenvalue weighted by atomic mass is 79.9. The molecule has 3 aliphatic heterocycles. The molecule has 3 aliphatic rings. The van der Waals surface area contributed by atoms with Crippen LogP contribution in [0.25, 0.3) is 0 Å². The molecular weight excluding hydrogens is 508 g/mol. The number of amides is 2. The minimum atomic E-state index is -0.718. The number of carbonyl (C=O) groups is 3. The van der Waals surface area contributed by atoms with Crippen LogP contribution < -0.4 is 0 Å². The van der Waals surface area contributed by atoms with E-state index in [9.17, 15) is 19.5 Å². The maximum atomic E-state index is 13.9. The van der Waals surface area contributed by atoms with Gasteiger partial charge in [-0.25, -0.2) is 0 Å². The van der Waals surface area contributed by atoms with Gasteiger partial charge in [-0.15, -0.1) is 24.9 Å². The van der Waals surface area contributed by atoms with Gasteiger partial charge in [0.2, 0.25) is 11.8 Å². The number of unbranched alkanes of at least 4 members (excludes halogenated alkanes) is 2. The third kappa shape index (κ3) is 4.78. The van der Waals surface area contributed by atoms with Gasteiger partial charge in [-0.05, 0) is 19.3 Å². The number of rotatable bonds is 13. The Kier molecular flexibility index (Phi) is 9.08. The Hall–Kier alpha value is -1.32. The van der Waals surface area contributed by atoms with E-state index in [1.54, 1.807) is 28.8 Å². The van der Waals surface area contributed by atoms with Crippen molar-refractivity contribution in [2.45, 2.75) is 59.9 Å². The molecule has 0 saturated carbocycles. The van der Waals surface area contributed by atoms with Gasteiger partial charge in [0.25, 0.3) is 0 Å². The summed E-state index contributed by atoms with van der Waals surface area (Å²) < 4.78 is 4.78. The molecule has 33 heavy (non-hydrogen) atoms. The lowest BCUT2D eigenvalue weighted by atomic mass is 9.71. The number of ether oxygens (including phenoxy) is 1. The number of hydrogen-bond donors (Lipinski definition) is 1. The molecule has 0 aliphatic carbocycles. The topological polar surface area (TPSA) is 87.2 Å². The van der Waals surface area contributed by atoms with Gasteiger partial charge in [-0.3, -0.25) is 14.4 Å². The van der Waals surface area contributed by atoms with E-state index in [1.807, 2.05) is 0 Å². The minimum Gasteiger partial charge on any atom is -0.465 e. The predicted molar refractivity (Wildman–Crippen MR) is 133 cm³/mol. The highest BCUT2D eigenvalue weighted by Crippen LogP contribution is 2.67. The Bertz CT molecular complexity index is 780. The molecule has 3 fully saturated rings. The van der Waals surface area contributed by atoms with Gasteiger partial charge in [-0.1, -0.05) is 47.8 Å². The van der Waals surface area contributed by atoms with Gasteiger partial charge in [-0.2, -0.15) is 0 Å². The zero-order valence-corrected chi connectivity index (χ0v) is 21.7. The molecule has 7 nitrogen and oxygen atoms in total. The van der Waals surface area contributed by atoms with E-state index in [2.05, 4.69) is 36.0 Å². The molecule has 0 aromatic rings. The molecule has 3 saturated heterocycles. The quantitative estimate of drug-likeness (QED) is 0.166. The molecule has 3 unspecified atom stereocenters. The van der Waals surface area contributed by atoms with Gasteiger partial charge in [0, 0.05) is 29.7 Å². The second kappa shape index (κ2) is 11.4. The third-order valence-electron chi connectivity index (χ3n) is 6.90. The number of hydrogen-bond acceptors (Lipinski definition) is 6. The lowest BCUT2D eigenvalue weighted by Crippen LogP contribution is -2.55. The van der Waals surface area contributed by atoms with Crippen LogP contribution in [-0.2, 0) is 19.1 Å². The summed E-state index contributed by atoms with van der Waals surface area (Å²) in [6, 6.07) is -0.718. The summed E-state index contributed by atoms with van der Waals surface area (Å²) in [5.74, 6) is -1.98. The molecule has 6 atom stereocenters. The van der Waals surface area contributed by atoms with Crippen molar-refractivity contribution in [2.75, 3.05) is 32.8 Å². The minimum absolute atomic E-state index is 0.000765. The largest absolute Gasteiger partial charge is 0.465 e. The summed E-state index contributed by atoms with van der Waals surface area (Å²) in [5.41, 5.74) is 0. The van der Waals surface area contributed by atoms with Crippen LogP contribution in [0.1, 0.15) is 39.0 Å². The molecule has 184 valence electrons. The number of esters is 1. The van der Waals surface area contributed by atoms with Crippen molar-refractivity contribution in [3.63, 3.8) is 0 Å². The molecule has 0 radical (unpaired) electrons. The van der Waals surface area contributed by atoms with Crippen LogP contribution >= 0.6 is 27.7 Å². The number of β-amino-alcohol motifs (C(OH)–C–C–N with tert-alkyl or cyclic N) is 1. The second-order valence-electron chi connectivity index (χ2n) is 8.94. The number of likely N-dealkylation sites (tertiary alicyclic amines) is 1. The summed E-state index contributed by atoms with van der Waals surface area (Å²) >= 11 is 5.31. The Balaban J connectivity index is 1.94. The third-order valence-corrected chi connectivity index (χ3v) is 10.1. The van der Waals surface area contributed by atoms with E-state index >= 15 is 0 Å². The van der Waals surface area contributed by atoms with Crippen LogP contribution in [-0.4, -0.2) is 86.4 Å². The summed E-state index contributed by atoms with van der Waals surface area (Å²) in [5, 5.41) is 9.58. The first-order valence-electron chi connectivity index (χ1n) is 11.8. The normalized spacial score (nSPS) is 32.0. The number of nitrogens with zero attached hydrogens (tertiary/aromatic N) is 2. The van der Waals surface area contributed by atoms with Gasteiger partial charge < -0.3 is 19.6 Å². The maximum Gasteiger partial charge on any atom is 0.310 e. The van der Waals surface area contributed by atoms with Crippen LogP contribution in [0.5, 0.6) is 0 Å². The van der Waals surface area contributed by atoms with Crippen molar-refractivity contribution in [3.8, 4) is 0 Å². The van der Waals surface area contributed by atoms with Crippen LogP contribution in [0.15, 0.2) is 25.3 Å². The molecule has 1 N–H and O–H groups in total. The first-order valence-corrected chi connectivity index (χ1v) is 13.6. The number of alkyl halides is 1. The molecule has 1 spiro atoms. The molecular formula is C24H35BrN2O5S. The zero-order valence-electron chi connectivity index (χ0n) is 19.3. The zero-order chi connectivity index (χ0) is 24.2. The number of carbonyl (C=O) groups excluding carboxylic acids is 3. The molecule has 0 aromatic heterocycles. The second-order valence-corrected chi connectivity index (χ2v) is 11.7. The fourth-order valence-electron chi connectivity index (χ4n) is 5.54. The maximum absolute atomic E-state index is 13.9. The first kappa shape index (κ1) is 26.3. The SMILES string of the molecule is C=CCCOC(=O)[C@H]1[C@@H]2SC3(CC2Br)C(C(=O)N(CC=C)CCCCC)N(CCO)C(=O)[C@H]13. The Morgan fingerprint density at radius 3 is 2.76 bits per heavy atom. The van der Waals surface area contributed by atoms with E-state index in [0.717, 1.165) is 19.3 Å². The summed E-state index contributed by atoms with van der Waals surface area (Å²) in [7, 11) is 0. The van der Waals surface area contributed by atoms with Crippen molar-refractivity contribution < 1.29 is 24.2 Å². The number of aliphatic hydroxyl groups is 1. The number of aliphatic hydroxyl groups excluding tert-OH is 1. The lowest BCUT2D eigenvalue weighted by Gasteiger charge is -2.37. The van der Waals surface area contributed by atoms with E-state index in [0.29, 0.717) is 25.9 Å². The van der Waals surface area contributed by atoms with Gasteiger partial charge >= 0.3 is 5.97 Å². The van der Waals surface area contributed by atoms with Gasteiger partial charge in [0.05, 0.1) is 29.8 Å². The van der Waals surface area contributed by atoms with E-state index in [-0.39, 0.29) is 47.6 Å². The monoisotopic (exact) mass is 542 g/mol. The highest BCUT2D eigenvalue weighted by molar-refractivity contribution is 9.09. The van der Waals surface area contributed by atoms with Crippen LogP contribution in [0.2, 0.25) is 0 Å².